The van der Waals surface area contributed by atoms with Crippen molar-refractivity contribution in [1.29, 1.82) is 0 Å². The predicted molar refractivity (Wildman–Crippen MR) is 144 cm³/mol. The third-order valence-electron chi connectivity index (χ3n) is 4.27. The quantitative estimate of drug-likeness (QED) is 0.112. The van der Waals surface area contributed by atoms with Gasteiger partial charge in [0.25, 0.3) is 0 Å². The van der Waals surface area contributed by atoms with Crippen molar-refractivity contribution in [2.75, 3.05) is 46.1 Å². The van der Waals surface area contributed by atoms with Crippen LogP contribution in [0.25, 0.3) is 0 Å². The molecule has 8 heteroatoms. The van der Waals surface area contributed by atoms with Crippen LogP contribution in [0.15, 0.2) is 0 Å². The van der Waals surface area contributed by atoms with E-state index >= 15 is 0 Å². The number of ether oxygens (including phenoxy) is 3. The molecule has 6 nitrogen and oxygen atoms in total. The molecular weight excluding hydrogens is 456 g/mol. The summed E-state index contributed by atoms with van der Waals surface area (Å²) in [6.07, 6.45) is 3.60. The van der Waals surface area contributed by atoms with Gasteiger partial charge in [0, 0.05) is 23.1 Å². The normalized spacial score (nSPS) is 13.5. The van der Waals surface area contributed by atoms with Gasteiger partial charge in [0.1, 0.15) is 5.44 Å². The largest absolute Gasteiger partial charge is 0.379 e. The lowest BCUT2D eigenvalue weighted by molar-refractivity contribution is -0.122. The molecule has 1 amide bonds. The minimum Gasteiger partial charge on any atom is -0.379 e. The van der Waals surface area contributed by atoms with Crippen LogP contribution >= 0.6 is 21.6 Å². The van der Waals surface area contributed by atoms with Crippen molar-refractivity contribution in [2.45, 2.75) is 90.4 Å². The van der Waals surface area contributed by atoms with E-state index in [-0.39, 0.29) is 16.1 Å². The Labute approximate surface area is 211 Å². The Morgan fingerprint density at radius 3 is 2.33 bits per heavy atom. The molecule has 0 spiro atoms. The van der Waals surface area contributed by atoms with Crippen molar-refractivity contribution < 1.29 is 19.0 Å². The molecular formula is C25H48N2O4S2. The van der Waals surface area contributed by atoms with Gasteiger partial charge in [-0.2, -0.15) is 0 Å². The molecule has 0 saturated heterocycles. The molecule has 0 aromatic carbocycles. The molecule has 2 unspecified atom stereocenters. The van der Waals surface area contributed by atoms with Crippen molar-refractivity contribution in [3.63, 3.8) is 0 Å². The molecule has 0 aromatic rings. The summed E-state index contributed by atoms with van der Waals surface area (Å²) in [5.41, 5.74) is 0.163. The SMILES string of the molecule is CCC(C)NCCCC(OCCOCCOCCC(=O)NCC#CC(C)C)SSC(C)(C)C. The third kappa shape index (κ3) is 24.5. The van der Waals surface area contributed by atoms with Gasteiger partial charge >= 0.3 is 0 Å². The van der Waals surface area contributed by atoms with E-state index in [0.29, 0.717) is 58.0 Å². The van der Waals surface area contributed by atoms with Crippen LogP contribution in [0.2, 0.25) is 0 Å². The van der Waals surface area contributed by atoms with E-state index in [9.17, 15) is 4.79 Å². The molecule has 0 aromatic heterocycles. The number of hydrogen-bond donors (Lipinski definition) is 2. The Balaban J connectivity index is 3.84. The lowest BCUT2D eigenvalue weighted by Crippen LogP contribution is -2.27. The monoisotopic (exact) mass is 504 g/mol. The second-order valence-corrected chi connectivity index (χ2v) is 12.4. The first-order valence-corrected chi connectivity index (χ1v) is 14.4. The zero-order valence-electron chi connectivity index (χ0n) is 22.0. The molecule has 33 heavy (non-hydrogen) atoms. The van der Waals surface area contributed by atoms with Crippen LogP contribution in [0.3, 0.4) is 0 Å². The Kier molecular flexibility index (Phi) is 20.6. The first-order chi connectivity index (χ1) is 15.6. The topological polar surface area (TPSA) is 68.8 Å². The molecule has 2 N–H and O–H groups in total. The molecule has 0 aliphatic carbocycles. The van der Waals surface area contributed by atoms with Crippen molar-refractivity contribution in [3.8, 4) is 11.8 Å². The molecule has 2 atom stereocenters. The van der Waals surface area contributed by atoms with E-state index in [1.807, 2.05) is 35.4 Å². The van der Waals surface area contributed by atoms with Crippen LogP contribution in [-0.4, -0.2) is 68.3 Å². The maximum absolute atomic E-state index is 11.7. The Bertz CT molecular complexity index is 545. The van der Waals surface area contributed by atoms with E-state index < -0.39 is 0 Å². The second kappa shape index (κ2) is 20.9. The Morgan fingerprint density at radius 1 is 1.03 bits per heavy atom. The summed E-state index contributed by atoms with van der Waals surface area (Å²) in [6.45, 7) is 19.0. The molecule has 194 valence electrons. The fraction of sp³-hybridized carbons (Fsp3) is 0.880. The second-order valence-electron chi connectivity index (χ2n) is 9.23. The molecule has 0 bridgehead atoms. The van der Waals surface area contributed by atoms with Gasteiger partial charge in [-0.15, -0.1) is 0 Å². The molecule has 0 saturated carbocycles. The van der Waals surface area contributed by atoms with Crippen LogP contribution in [0, 0.1) is 17.8 Å². The van der Waals surface area contributed by atoms with Gasteiger partial charge in [-0.25, -0.2) is 0 Å². The van der Waals surface area contributed by atoms with Gasteiger partial charge in [0.05, 0.1) is 39.6 Å². The van der Waals surface area contributed by atoms with E-state index in [0.717, 1.165) is 25.8 Å². The van der Waals surface area contributed by atoms with Crippen molar-refractivity contribution >= 4 is 27.5 Å². The summed E-state index contributed by atoms with van der Waals surface area (Å²) >= 11 is 0. The summed E-state index contributed by atoms with van der Waals surface area (Å²) < 4.78 is 17.4. The number of carbonyl (C=O) groups is 1. The van der Waals surface area contributed by atoms with Gasteiger partial charge < -0.3 is 24.8 Å². The van der Waals surface area contributed by atoms with Crippen LogP contribution in [-0.2, 0) is 19.0 Å². The molecule has 0 fully saturated rings. The molecule has 0 heterocycles. The summed E-state index contributed by atoms with van der Waals surface area (Å²) in [5.74, 6) is 6.22. The van der Waals surface area contributed by atoms with Crippen molar-refractivity contribution in [3.05, 3.63) is 0 Å². The van der Waals surface area contributed by atoms with Crippen LogP contribution in [0.4, 0.5) is 0 Å². The van der Waals surface area contributed by atoms with E-state index in [2.05, 4.69) is 57.1 Å². The minimum absolute atomic E-state index is 0.0432. The number of carbonyl (C=O) groups excluding carboxylic acids is 1. The predicted octanol–water partition coefficient (Wildman–Crippen LogP) is 4.88. The van der Waals surface area contributed by atoms with Gasteiger partial charge in [-0.3, -0.25) is 4.79 Å². The lowest BCUT2D eigenvalue weighted by Gasteiger charge is -2.22. The summed E-state index contributed by atoms with van der Waals surface area (Å²) in [6, 6.07) is 0.565. The summed E-state index contributed by atoms with van der Waals surface area (Å²) in [7, 11) is 3.69. The maximum atomic E-state index is 11.7. The highest BCUT2D eigenvalue weighted by Gasteiger charge is 2.17. The van der Waals surface area contributed by atoms with Gasteiger partial charge in [0.2, 0.25) is 5.91 Å². The van der Waals surface area contributed by atoms with Crippen LogP contribution in [0.5, 0.6) is 0 Å². The van der Waals surface area contributed by atoms with E-state index in [4.69, 9.17) is 14.2 Å². The number of amides is 1. The third-order valence-corrected chi connectivity index (χ3v) is 7.88. The molecule has 0 radical (unpaired) electrons. The fourth-order valence-electron chi connectivity index (χ4n) is 2.33. The lowest BCUT2D eigenvalue weighted by atomic mass is 10.2. The molecule has 0 aliphatic rings. The average molecular weight is 505 g/mol. The van der Waals surface area contributed by atoms with Crippen LogP contribution < -0.4 is 10.6 Å². The number of rotatable bonds is 19. The first-order valence-electron chi connectivity index (χ1n) is 12.2. The van der Waals surface area contributed by atoms with Crippen molar-refractivity contribution in [1.82, 2.24) is 10.6 Å². The van der Waals surface area contributed by atoms with Gasteiger partial charge in [0.15, 0.2) is 0 Å². The minimum atomic E-state index is -0.0432. The van der Waals surface area contributed by atoms with Gasteiger partial charge in [-0.1, -0.05) is 75.0 Å². The van der Waals surface area contributed by atoms with Crippen LogP contribution in [0.1, 0.15) is 74.1 Å². The Hall–Kier alpha value is -0.430. The van der Waals surface area contributed by atoms with E-state index in [1.165, 1.54) is 0 Å². The molecule has 0 aliphatic heterocycles. The highest BCUT2D eigenvalue weighted by Crippen LogP contribution is 2.39. The van der Waals surface area contributed by atoms with Gasteiger partial charge in [-0.05, 0) is 32.7 Å². The highest BCUT2D eigenvalue weighted by atomic mass is 33.1. The maximum Gasteiger partial charge on any atom is 0.223 e. The summed E-state index contributed by atoms with van der Waals surface area (Å²) in [5, 5.41) is 6.31. The fourth-order valence-corrected chi connectivity index (χ4v) is 4.78. The first kappa shape index (κ1) is 32.6. The number of nitrogens with one attached hydrogen (secondary N) is 2. The Morgan fingerprint density at radius 2 is 1.70 bits per heavy atom. The van der Waals surface area contributed by atoms with Crippen molar-refractivity contribution in [2.24, 2.45) is 5.92 Å². The zero-order valence-corrected chi connectivity index (χ0v) is 23.6. The van der Waals surface area contributed by atoms with E-state index in [1.54, 1.807) is 0 Å². The molecule has 0 rings (SSSR count). The average Bonchev–Trinajstić information content (AvgIpc) is 2.75. The smallest absolute Gasteiger partial charge is 0.223 e. The number of hydrogen-bond acceptors (Lipinski definition) is 7. The zero-order chi connectivity index (χ0) is 25.0. The highest BCUT2D eigenvalue weighted by molar-refractivity contribution is 8.77. The standard InChI is InChI=1S/C25H48N2O4S2/c1-8-22(4)26-14-10-12-24(32-33-25(5,6)7)31-20-19-30-18-17-29-16-13-23(28)27-15-9-11-21(2)3/h21-22,24,26H,8,10,12-20H2,1-7H3,(H,27,28). The summed E-state index contributed by atoms with van der Waals surface area (Å²) in [4.78, 5) is 11.7.